The third-order valence-electron chi connectivity index (χ3n) is 3.34. The van der Waals surface area contributed by atoms with E-state index >= 15 is 0 Å². The molecule has 0 unspecified atom stereocenters. The van der Waals surface area contributed by atoms with Crippen LogP contribution in [0.15, 0.2) is 18.3 Å². The van der Waals surface area contributed by atoms with Crippen molar-refractivity contribution in [2.24, 2.45) is 5.73 Å². The van der Waals surface area contributed by atoms with Crippen LogP contribution in [0.4, 0.5) is 0 Å². The van der Waals surface area contributed by atoms with Crippen LogP contribution in [0.2, 0.25) is 0 Å². The molecule has 3 nitrogen and oxygen atoms in total. The Labute approximate surface area is 111 Å². The van der Waals surface area contributed by atoms with Gasteiger partial charge in [-0.1, -0.05) is 25.8 Å². The summed E-state index contributed by atoms with van der Waals surface area (Å²) < 4.78 is 0. The first-order valence-corrected chi connectivity index (χ1v) is 7.05. The van der Waals surface area contributed by atoms with E-state index in [2.05, 4.69) is 36.7 Å². The van der Waals surface area contributed by atoms with E-state index in [9.17, 15) is 0 Å². The van der Waals surface area contributed by atoms with Crippen LogP contribution >= 0.6 is 0 Å². The Balaban J connectivity index is 2.64. The largest absolute Gasteiger partial charge is 0.326 e. The van der Waals surface area contributed by atoms with E-state index in [1.165, 1.54) is 24.8 Å². The Morgan fingerprint density at radius 3 is 2.72 bits per heavy atom. The number of nitrogens with zero attached hydrogens (tertiary/aromatic N) is 2. The van der Waals surface area contributed by atoms with Crippen molar-refractivity contribution >= 4 is 0 Å². The minimum Gasteiger partial charge on any atom is -0.326 e. The molecule has 0 saturated heterocycles. The van der Waals surface area contributed by atoms with Crippen molar-refractivity contribution in [2.45, 2.75) is 59.2 Å². The normalized spacial score (nSPS) is 11.4. The van der Waals surface area contributed by atoms with E-state index in [0.29, 0.717) is 12.6 Å². The Bertz CT molecular complexity index is 336. The molecule has 0 aliphatic rings. The molecular weight excluding hydrogens is 222 g/mol. The number of aromatic nitrogens is 1. The lowest BCUT2D eigenvalue weighted by atomic mass is 10.1. The zero-order chi connectivity index (χ0) is 13.4. The van der Waals surface area contributed by atoms with Gasteiger partial charge in [0.1, 0.15) is 0 Å². The summed E-state index contributed by atoms with van der Waals surface area (Å²) >= 11 is 0. The standard InChI is InChI=1S/C15H27N3/c1-4-5-6-10-18(13(2)3)12-15-14(11-16)8-7-9-17-15/h7-9,13H,4-6,10-12,16H2,1-3H3. The fraction of sp³-hybridized carbons (Fsp3) is 0.667. The van der Waals surface area contributed by atoms with Crippen LogP contribution in [0.1, 0.15) is 51.3 Å². The fourth-order valence-electron chi connectivity index (χ4n) is 2.08. The first-order chi connectivity index (χ1) is 8.69. The fourth-order valence-corrected chi connectivity index (χ4v) is 2.08. The quantitative estimate of drug-likeness (QED) is 0.720. The topological polar surface area (TPSA) is 42.2 Å². The molecule has 0 fully saturated rings. The number of pyridine rings is 1. The first kappa shape index (κ1) is 15.1. The highest BCUT2D eigenvalue weighted by atomic mass is 15.1. The van der Waals surface area contributed by atoms with Gasteiger partial charge in [0.25, 0.3) is 0 Å². The zero-order valence-electron chi connectivity index (χ0n) is 12.0. The first-order valence-electron chi connectivity index (χ1n) is 7.05. The van der Waals surface area contributed by atoms with Gasteiger partial charge in [0, 0.05) is 25.3 Å². The summed E-state index contributed by atoms with van der Waals surface area (Å²) in [5.74, 6) is 0. The summed E-state index contributed by atoms with van der Waals surface area (Å²) in [6.07, 6.45) is 5.69. The molecule has 0 aromatic carbocycles. The molecule has 1 aromatic rings. The molecule has 3 heteroatoms. The van der Waals surface area contributed by atoms with Gasteiger partial charge >= 0.3 is 0 Å². The molecule has 0 bridgehead atoms. The van der Waals surface area contributed by atoms with Crippen molar-refractivity contribution in [3.8, 4) is 0 Å². The highest BCUT2D eigenvalue weighted by Crippen LogP contribution is 2.12. The smallest absolute Gasteiger partial charge is 0.0588 e. The van der Waals surface area contributed by atoms with Crippen LogP contribution in [0.3, 0.4) is 0 Å². The van der Waals surface area contributed by atoms with Crippen LogP contribution in [0.25, 0.3) is 0 Å². The number of rotatable bonds is 8. The third-order valence-corrected chi connectivity index (χ3v) is 3.34. The monoisotopic (exact) mass is 249 g/mol. The zero-order valence-corrected chi connectivity index (χ0v) is 12.0. The second-order valence-corrected chi connectivity index (χ2v) is 5.08. The maximum absolute atomic E-state index is 5.77. The minimum atomic E-state index is 0.550. The molecule has 0 atom stereocenters. The molecule has 1 rings (SSSR count). The average Bonchev–Trinajstić information content (AvgIpc) is 2.38. The van der Waals surface area contributed by atoms with Crippen molar-refractivity contribution in [3.05, 3.63) is 29.6 Å². The summed E-state index contributed by atoms with van der Waals surface area (Å²) in [5.41, 5.74) is 8.06. The van der Waals surface area contributed by atoms with Crippen molar-refractivity contribution in [2.75, 3.05) is 6.54 Å². The molecule has 0 aliphatic carbocycles. The Kier molecular flexibility index (Phi) is 6.91. The number of nitrogens with two attached hydrogens (primary N) is 1. The van der Waals surface area contributed by atoms with Crippen molar-refractivity contribution < 1.29 is 0 Å². The van der Waals surface area contributed by atoms with Crippen LogP contribution in [-0.4, -0.2) is 22.5 Å². The van der Waals surface area contributed by atoms with Crippen LogP contribution in [0.5, 0.6) is 0 Å². The van der Waals surface area contributed by atoms with Gasteiger partial charge in [0.2, 0.25) is 0 Å². The second kappa shape index (κ2) is 8.22. The molecule has 0 spiro atoms. The second-order valence-electron chi connectivity index (χ2n) is 5.08. The summed E-state index contributed by atoms with van der Waals surface area (Å²) in [7, 11) is 0. The SMILES string of the molecule is CCCCCN(Cc1ncccc1CN)C(C)C. The van der Waals surface area contributed by atoms with Gasteiger partial charge in [-0.15, -0.1) is 0 Å². The predicted molar refractivity (Wildman–Crippen MR) is 77.2 cm³/mol. The average molecular weight is 249 g/mol. The lowest BCUT2D eigenvalue weighted by molar-refractivity contribution is 0.205. The van der Waals surface area contributed by atoms with Gasteiger partial charge in [-0.25, -0.2) is 0 Å². The molecule has 0 radical (unpaired) electrons. The third kappa shape index (κ3) is 4.75. The van der Waals surface area contributed by atoms with Crippen LogP contribution in [0, 0.1) is 0 Å². The number of unbranched alkanes of at least 4 members (excludes halogenated alkanes) is 2. The molecule has 0 amide bonds. The summed E-state index contributed by atoms with van der Waals surface area (Å²) in [6.45, 7) is 9.36. The summed E-state index contributed by atoms with van der Waals surface area (Å²) in [5, 5.41) is 0. The molecule has 102 valence electrons. The molecule has 1 aromatic heterocycles. The van der Waals surface area contributed by atoms with Gasteiger partial charge < -0.3 is 5.73 Å². The van der Waals surface area contributed by atoms with Crippen LogP contribution in [-0.2, 0) is 13.1 Å². The molecule has 2 N–H and O–H groups in total. The van der Waals surface area contributed by atoms with E-state index in [1.807, 2.05) is 12.3 Å². The van der Waals surface area contributed by atoms with Gasteiger partial charge in [-0.05, 0) is 38.4 Å². The maximum Gasteiger partial charge on any atom is 0.0588 e. The van der Waals surface area contributed by atoms with E-state index in [-0.39, 0.29) is 0 Å². The van der Waals surface area contributed by atoms with E-state index in [0.717, 1.165) is 18.8 Å². The van der Waals surface area contributed by atoms with E-state index in [4.69, 9.17) is 5.73 Å². The van der Waals surface area contributed by atoms with Gasteiger partial charge in [0.15, 0.2) is 0 Å². The van der Waals surface area contributed by atoms with Gasteiger partial charge in [-0.3, -0.25) is 9.88 Å². The highest BCUT2D eigenvalue weighted by Gasteiger charge is 2.12. The number of hydrogen-bond acceptors (Lipinski definition) is 3. The highest BCUT2D eigenvalue weighted by molar-refractivity contribution is 5.19. The van der Waals surface area contributed by atoms with E-state index in [1.54, 1.807) is 0 Å². The summed E-state index contributed by atoms with van der Waals surface area (Å²) in [6, 6.07) is 4.59. The molecule has 1 heterocycles. The molecular formula is C15H27N3. The van der Waals surface area contributed by atoms with E-state index < -0.39 is 0 Å². The van der Waals surface area contributed by atoms with Crippen molar-refractivity contribution in [3.63, 3.8) is 0 Å². The molecule has 0 saturated carbocycles. The molecule has 18 heavy (non-hydrogen) atoms. The van der Waals surface area contributed by atoms with Crippen molar-refractivity contribution in [1.82, 2.24) is 9.88 Å². The lowest BCUT2D eigenvalue weighted by Crippen LogP contribution is -2.32. The lowest BCUT2D eigenvalue weighted by Gasteiger charge is -2.26. The molecule has 0 aliphatic heterocycles. The maximum atomic E-state index is 5.77. The Morgan fingerprint density at radius 1 is 1.33 bits per heavy atom. The van der Waals surface area contributed by atoms with Crippen LogP contribution < -0.4 is 5.73 Å². The minimum absolute atomic E-state index is 0.550. The summed E-state index contributed by atoms with van der Waals surface area (Å²) in [4.78, 5) is 6.96. The number of hydrogen-bond donors (Lipinski definition) is 1. The Morgan fingerprint density at radius 2 is 2.11 bits per heavy atom. The van der Waals surface area contributed by atoms with Crippen molar-refractivity contribution in [1.29, 1.82) is 0 Å². The van der Waals surface area contributed by atoms with Gasteiger partial charge in [-0.2, -0.15) is 0 Å². The Hall–Kier alpha value is -0.930. The van der Waals surface area contributed by atoms with Gasteiger partial charge in [0.05, 0.1) is 5.69 Å². The predicted octanol–water partition coefficient (Wildman–Crippen LogP) is 2.94.